The SMILES string of the molecule is O=C(OCc1ccccc1)N1C[C@H]2CCCO[C@@]2(C(=O)O)C1. The van der Waals surface area contributed by atoms with E-state index < -0.39 is 17.7 Å². The molecule has 0 saturated carbocycles. The summed E-state index contributed by atoms with van der Waals surface area (Å²) in [6, 6.07) is 9.39. The van der Waals surface area contributed by atoms with Gasteiger partial charge in [-0.15, -0.1) is 0 Å². The Kier molecular flexibility index (Phi) is 4.02. The van der Waals surface area contributed by atoms with E-state index in [1.165, 1.54) is 4.90 Å². The molecule has 0 spiro atoms. The zero-order valence-electron chi connectivity index (χ0n) is 12.2. The molecule has 0 radical (unpaired) electrons. The van der Waals surface area contributed by atoms with E-state index in [-0.39, 0.29) is 19.1 Å². The number of fused-ring (bicyclic) bond motifs is 1. The van der Waals surface area contributed by atoms with Gasteiger partial charge in [0.25, 0.3) is 0 Å². The minimum atomic E-state index is -1.26. The highest BCUT2D eigenvalue weighted by molar-refractivity contribution is 5.81. The third kappa shape index (κ3) is 2.66. The summed E-state index contributed by atoms with van der Waals surface area (Å²) in [6.45, 7) is 1.04. The summed E-state index contributed by atoms with van der Waals surface area (Å²) in [4.78, 5) is 25.2. The molecule has 1 amide bonds. The van der Waals surface area contributed by atoms with Crippen LogP contribution in [0.1, 0.15) is 18.4 Å². The quantitative estimate of drug-likeness (QED) is 0.923. The van der Waals surface area contributed by atoms with Crippen molar-refractivity contribution in [3.8, 4) is 0 Å². The van der Waals surface area contributed by atoms with Crippen molar-refractivity contribution < 1.29 is 24.2 Å². The topological polar surface area (TPSA) is 76.1 Å². The second-order valence-corrected chi connectivity index (χ2v) is 5.80. The number of benzene rings is 1. The Hall–Kier alpha value is -2.08. The van der Waals surface area contributed by atoms with Crippen molar-refractivity contribution in [3.05, 3.63) is 35.9 Å². The molecule has 0 aliphatic carbocycles. The molecule has 118 valence electrons. The van der Waals surface area contributed by atoms with Crippen LogP contribution in [-0.2, 0) is 20.9 Å². The third-order valence-corrected chi connectivity index (χ3v) is 4.41. The fraction of sp³-hybridized carbons (Fsp3) is 0.500. The molecule has 2 saturated heterocycles. The summed E-state index contributed by atoms with van der Waals surface area (Å²) in [5, 5.41) is 9.50. The lowest BCUT2D eigenvalue weighted by atomic mass is 9.85. The van der Waals surface area contributed by atoms with Crippen LogP contribution in [0.5, 0.6) is 0 Å². The molecule has 2 fully saturated rings. The number of carboxylic acid groups (broad SMARTS) is 1. The van der Waals surface area contributed by atoms with Crippen LogP contribution in [0.4, 0.5) is 4.79 Å². The fourth-order valence-electron chi connectivity index (χ4n) is 3.22. The minimum absolute atomic E-state index is 0.0562. The molecule has 1 N–H and O–H groups in total. The smallest absolute Gasteiger partial charge is 0.410 e. The molecule has 1 aromatic carbocycles. The van der Waals surface area contributed by atoms with Crippen LogP contribution in [0.2, 0.25) is 0 Å². The van der Waals surface area contributed by atoms with E-state index in [0.29, 0.717) is 13.2 Å². The molecule has 2 aliphatic heterocycles. The van der Waals surface area contributed by atoms with Gasteiger partial charge in [-0.25, -0.2) is 9.59 Å². The molecule has 6 heteroatoms. The molecule has 0 unspecified atom stereocenters. The van der Waals surface area contributed by atoms with Crippen LogP contribution < -0.4 is 0 Å². The first-order valence-electron chi connectivity index (χ1n) is 7.45. The number of ether oxygens (including phenoxy) is 2. The molecule has 2 heterocycles. The maximum atomic E-state index is 12.2. The highest BCUT2D eigenvalue weighted by Gasteiger charge is 2.56. The first-order valence-corrected chi connectivity index (χ1v) is 7.45. The lowest BCUT2D eigenvalue weighted by Crippen LogP contribution is -2.51. The summed E-state index contributed by atoms with van der Waals surface area (Å²) < 4.78 is 10.8. The average Bonchev–Trinajstić information content (AvgIpc) is 2.95. The molecule has 0 bridgehead atoms. The molecule has 2 atom stereocenters. The van der Waals surface area contributed by atoms with Gasteiger partial charge >= 0.3 is 12.1 Å². The van der Waals surface area contributed by atoms with Crippen molar-refractivity contribution in [1.82, 2.24) is 4.90 Å². The van der Waals surface area contributed by atoms with Crippen molar-refractivity contribution in [2.75, 3.05) is 19.7 Å². The largest absolute Gasteiger partial charge is 0.479 e. The number of carbonyl (C=O) groups excluding carboxylic acids is 1. The normalized spacial score (nSPS) is 27.3. The molecular weight excluding hydrogens is 286 g/mol. The number of aliphatic carboxylic acids is 1. The summed E-state index contributed by atoms with van der Waals surface area (Å²) in [7, 11) is 0. The van der Waals surface area contributed by atoms with Gasteiger partial charge in [0.2, 0.25) is 0 Å². The number of hydrogen-bond acceptors (Lipinski definition) is 4. The van der Waals surface area contributed by atoms with E-state index in [1.807, 2.05) is 30.3 Å². The molecule has 0 aromatic heterocycles. The Morgan fingerprint density at radius 2 is 2.14 bits per heavy atom. The van der Waals surface area contributed by atoms with E-state index in [9.17, 15) is 14.7 Å². The standard InChI is InChI=1S/C16H19NO5/c18-14(19)16-11-17(9-13(16)7-4-8-22-16)15(20)21-10-12-5-2-1-3-6-12/h1-3,5-6,13H,4,7-11H2,(H,18,19)/t13-,16+/m1/s1. The first kappa shape index (κ1) is 14.8. The van der Waals surface area contributed by atoms with Crippen LogP contribution in [0, 0.1) is 5.92 Å². The van der Waals surface area contributed by atoms with Crippen LogP contribution in [0.25, 0.3) is 0 Å². The van der Waals surface area contributed by atoms with Gasteiger partial charge in [0.1, 0.15) is 6.61 Å². The molecule has 6 nitrogen and oxygen atoms in total. The van der Waals surface area contributed by atoms with Gasteiger partial charge in [-0.1, -0.05) is 30.3 Å². The summed E-state index contributed by atoms with van der Waals surface area (Å²) in [5.74, 6) is -1.15. The second kappa shape index (κ2) is 5.96. The van der Waals surface area contributed by atoms with Crippen molar-refractivity contribution in [2.24, 2.45) is 5.92 Å². The van der Waals surface area contributed by atoms with E-state index in [1.54, 1.807) is 0 Å². The Morgan fingerprint density at radius 3 is 2.82 bits per heavy atom. The zero-order valence-corrected chi connectivity index (χ0v) is 12.2. The van der Waals surface area contributed by atoms with Crippen LogP contribution in [0.15, 0.2) is 30.3 Å². The maximum Gasteiger partial charge on any atom is 0.410 e. The van der Waals surface area contributed by atoms with E-state index in [4.69, 9.17) is 9.47 Å². The molecule has 22 heavy (non-hydrogen) atoms. The Bertz CT molecular complexity index is 561. The lowest BCUT2D eigenvalue weighted by molar-refractivity contribution is -0.175. The number of carboxylic acids is 1. The summed E-state index contributed by atoms with van der Waals surface area (Å²) in [6.07, 6.45) is 1.10. The third-order valence-electron chi connectivity index (χ3n) is 4.41. The van der Waals surface area contributed by atoms with E-state index >= 15 is 0 Å². The minimum Gasteiger partial charge on any atom is -0.479 e. The monoisotopic (exact) mass is 305 g/mol. The lowest BCUT2D eigenvalue weighted by Gasteiger charge is -2.34. The summed E-state index contributed by atoms with van der Waals surface area (Å²) in [5.41, 5.74) is -0.360. The van der Waals surface area contributed by atoms with E-state index in [2.05, 4.69) is 0 Å². The van der Waals surface area contributed by atoms with Gasteiger partial charge < -0.3 is 19.5 Å². The van der Waals surface area contributed by atoms with Gasteiger partial charge in [-0.05, 0) is 18.4 Å². The predicted octanol–water partition coefficient (Wildman–Crippen LogP) is 1.89. The average molecular weight is 305 g/mol. The van der Waals surface area contributed by atoms with E-state index in [0.717, 1.165) is 18.4 Å². The Labute approximate surface area is 128 Å². The Balaban J connectivity index is 1.63. The van der Waals surface area contributed by atoms with Crippen molar-refractivity contribution in [2.45, 2.75) is 25.0 Å². The molecule has 2 aliphatic rings. The summed E-state index contributed by atoms with van der Waals surface area (Å²) >= 11 is 0. The highest BCUT2D eigenvalue weighted by Crippen LogP contribution is 2.38. The van der Waals surface area contributed by atoms with Crippen LogP contribution in [-0.4, -0.2) is 47.4 Å². The number of carbonyl (C=O) groups is 2. The van der Waals surface area contributed by atoms with Crippen molar-refractivity contribution >= 4 is 12.1 Å². The number of amides is 1. The second-order valence-electron chi connectivity index (χ2n) is 5.80. The first-order chi connectivity index (χ1) is 10.6. The van der Waals surface area contributed by atoms with Gasteiger partial charge in [0.05, 0.1) is 6.54 Å². The van der Waals surface area contributed by atoms with Crippen LogP contribution >= 0.6 is 0 Å². The maximum absolute atomic E-state index is 12.2. The van der Waals surface area contributed by atoms with Crippen LogP contribution in [0.3, 0.4) is 0 Å². The predicted molar refractivity (Wildman–Crippen MR) is 77.2 cm³/mol. The number of nitrogens with zero attached hydrogens (tertiary/aromatic N) is 1. The van der Waals surface area contributed by atoms with Gasteiger partial charge in [0, 0.05) is 19.1 Å². The zero-order chi connectivity index (χ0) is 15.6. The molecule has 3 rings (SSSR count). The van der Waals surface area contributed by atoms with Gasteiger partial charge in [-0.3, -0.25) is 0 Å². The van der Waals surface area contributed by atoms with Crippen molar-refractivity contribution in [3.63, 3.8) is 0 Å². The van der Waals surface area contributed by atoms with Gasteiger partial charge in [-0.2, -0.15) is 0 Å². The fourth-order valence-corrected chi connectivity index (χ4v) is 3.22. The number of rotatable bonds is 3. The Morgan fingerprint density at radius 1 is 1.36 bits per heavy atom. The molecule has 1 aromatic rings. The highest BCUT2D eigenvalue weighted by atomic mass is 16.6. The number of hydrogen-bond donors (Lipinski definition) is 1. The van der Waals surface area contributed by atoms with Gasteiger partial charge in [0.15, 0.2) is 5.60 Å². The van der Waals surface area contributed by atoms with Crippen molar-refractivity contribution in [1.29, 1.82) is 0 Å². The number of likely N-dealkylation sites (tertiary alicyclic amines) is 1. The molecular formula is C16H19NO5.